The molecular weight excluding hydrogens is 395 g/mol. The molecule has 1 aromatic carbocycles. The number of benzene rings is 1. The minimum atomic E-state index is -0.545. The van der Waals surface area contributed by atoms with E-state index in [1.165, 1.54) is 12.1 Å². The Bertz CT molecular complexity index is 1100. The van der Waals surface area contributed by atoms with E-state index < -0.39 is 5.82 Å². The number of piperidine rings is 1. The van der Waals surface area contributed by atoms with Crippen LogP contribution in [0, 0.1) is 32.5 Å². The van der Waals surface area contributed by atoms with Crippen LogP contribution >= 0.6 is 11.6 Å². The molecule has 1 saturated heterocycles. The average molecular weight is 417 g/mol. The van der Waals surface area contributed by atoms with Crippen LogP contribution in [0.5, 0.6) is 0 Å². The number of halogens is 2. The van der Waals surface area contributed by atoms with Crippen LogP contribution in [0.2, 0.25) is 5.02 Å². The molecule has 4 rings (SSSR count). The molecule has 1 amide bonds. The van der Waals surface area contributed by atoms with E-state index in [9.17, 15) is 9.18 Å². The van der Waals surface area contributed by atoms with Gasteiger partial charge in [0.2, 0.25) is 11.6 Å². The monoisotopic (exact) mass is 416 g/mol. The maximum absolute atomic E-state index is 14.0. The van der Waals surface area contributed by atoms with Crippen LogP contribution in [-0.4, -0.2) is 29.0 Å². The van der Waals surface area contributed by atoms with E-state index in [1.54, 1.807) is 6.07 Å². The largest absolute Gasteiger partial charge is 0.443 e. The lowest BCUT2D eigenvalue weighted by molar-refractivity contribution is -0.120. The Labute approximate surface area is 173 Å². The second-order valence-electron chi connectivity index (χ2n) is 7.46. The Balaban J connectivity index is 1.59. The third-order valence-corrected chi connectivity index (χ3v) is 5.64. The lowest BCUT2D eigenvalue weighted by Crippen LogP contribution is -2.41. The fourth-order valence-corrected chi connectivity index (χ4v) is 3.93. The van der Waals surface area contributed by atoms with Crippen LogP contribution in [0.25, 0.3) is 11.1 Å². The SMILES string of the molecule is Cc1nc(N2CCCC(C(=O)Nc3ccc(Cl)cc3F)C2)c2c(C)c(C)oc2n1. The van der Waals surface area contributed by atoms with Crippen LogP contribution in [0.1, 0.15) is 30.0 Å². The molecule has 0 aliphatic carbocycles. The minimum absolute atomic E-state index is 0.137. The van der Waals surface area contributed by atoms with E-state index >= 15 is 0 Å². The van der Waals surface area contributed by atoms with Gasteiger partial charge in [0, 0.05) is 23.7 Å². The quantitative estimate of drug-likeness (QED) is 0.664. The number of carbonyl (C=O) groups is 1. The molecule has 0 spiro atoms. The third-order valence-electron chi connectivity index (χ3n) is 5.40. The van der Waals surface area contributed by atoms with Gasteiger partial charge in [-0.3, -0.25) is 4.79 Å². The molecule has 0 bridgehead atoms. The molecule has 29 heavy (non-hydrogen) atoms. The number of aromatic nitrogens is 2. The van der Waals surface area contributed by atoms with Gasteiger partial charge in [-0.15, -0.1) is 0 Å². The first-order valence-electron chi connectivity index (χ1n) is 9.58. The highest BCUT2D eigenvalue weighted by atomic mass is 35.5. The van der Waals surface area contributed by atoms with Gasteiger partial charge in [-0.1, -0.05) is 11.6 Å². The number of anilines is 2. The van der Waals surface area contributed by atoms with Gasteiger partial charge in [-0.2, -0.15) is 4.98 Å². The van der Waals surface area contributed by atoms with E-state index in [0.29, 0.717) is 23.1 Å². The Kier molecular flexibility index (Phi) is 5.17. The summed E-state index contributed by atoms with van der Waals surface area (Å²) in [6.07, 6.45) is 1.57. The highest BCUT2D eigenvalue weighted by molar-refractivity contribution is 6.30. The second-order valence-corrected chi connectivity index (χ2v) is 7.89. The summed E-state index contributed by atoms with van der Waals surface area (Å²) in [7, 11) is 0. The van der Waals surface area contributed by atoms with Crippen molar-refractivity contribution < 1.29 is 13.6 Å². The number of fused-ring (bicyclic) bond motifs is 1. The van der Waals surface area contributed by atoms with Gasteiger partial charge in [0.25, 0.3) is 0 Å². The zero-order valence-electron chi connectivity index (χ0n) is 16.6. The number of hydrogen-bond acceptors (Lipinski definition) is 5. The van der Waals surface area contributed by atoms with Crippen molar-refractivity contribution in [1.29, 1.82) is 0 Å². The summed E-state index contributed by atoms with van der Waals surface area (Å²) in [5, 5.41) is 3.87. The smallest absolute Gasteiger partial charge is 0.231 e. The number of aryl methyl sites for hydroxylation is 3. The van der Waals surface area contributed by atoms with Gasteiger partial charge in [0.05, 0.1) is 17.0 Å². The third kappa shape index (κ3) is 3.79. The summed E-state index contributed by atoms with van der Waals surface area (Å²) < 4.78 is 19.8. The summed E-state index contributed by atoms with van der Waals surface area (Å²) in [6.45, 7) is 7.00. The Morgan fingerprint density at radius 3 is 2.86 bits per heavy atom. The molecule has 6 nitrogen and oxygen atoms in total. The Morgan fingerprint density at radius 1 is 1.31 bits per heavy atom. The first kappa shape index (κ1) is 19.6. The Morgan fingerprint density at radius 2 is 2.10 bits per heavy atom. The number of furan rings is 1. The van der Waals surface area contributed by atoms with Crippen LogP contribution in [0.4, 0.5) is 15.9 Å². The van der Waals surface area contributed by atoms with E-state index in [2.05, 4.69) is 20.2 Å². The highest BCUT2D eigenvalue weighted by Crippen LogP contribution is 2.33. The molecule has 3 heterocycles. The first-order valence-corrected chi connectivity index (χ1v) is 9.96. The topological polar surface area (TPSA) is 71.3 Å². The van der Waals surface area contributed by atoms with Crippen molar-refractivity contribution >= 4 is 40.1 Å². The molecule has 8 heteroatoms. The molecule has 1 fully saturated rings. The number of nitrogens with zero attached hydrogens (tertiary/aromatic N) is 3. The maximum Gasteiger partial charge on any atom is 0.231 e. The Hall–Kier alpha value is -2.67. The van der Waals surface area contributed by atoms with Crippen molar-refractivity contribution in [3.63, 3.8) is 0 Å². The normalized spacial score (nSPS) is 17.0. The van der Waals surface area contributed by atoms with Crippen molar-refractivity contribution in [2.75, 3.05) is 23.3 Å². The molecule has 1 unspecified atom stereocenters. The van der Waals surface area contributed by atoms with Crippen molar-refractivity contribution in [2.45, 2.75) is 33.6 Å². The van der Waals surface area contributed by atoms with Crippen molar-refractivity contribution in [2.24, 2.45) is 5.92 Å². The highest BCUT2D eigenvalue weighted by Gasteiger charge is 2.29. The van der Waals surface area contributed by atoms with E-state index in [0.717, 1.165) is 41.9 Å². The molecule has 3 aromatic rings. The predicted octanol–water partition coefficient (Wildman–Crippen LogP) is 4.80. The molecule has 0 saturated carbocycles. The predicted molar refractivity (Wildman–Crippen MR) is 111 cm³/mol. The van der Waals surface area contributed by atoms with Gasteiger partial charge in [0.1, 0.15) is 23.2 Å². The molecule has 2 aromatic heterocycles. The average Bonchev–Trinajstić information content (AvgIpc) is 2.97. The molecule has 1 atom stereocenters. The summed E-state index contributed by atoms with van der Waals surface area (Å²) in [4.78, 5) is 23.9. The zero-order valence-corrected chi connectivity index (χ0v) is 17.3. The van der Waals surface area contributed by atoms with Gasteiger partial charge in [-0.25, -0.2) is 9.37 Å². The van der Waals surface area contributed by atoms with Crippen molar-refractivity contribution in [3.05, 3.63) is 46.2 Å². The molecule has 1 aliphatic heterocycles. The minimum Gasteiger partial charge on any atom is -0.443 e. The summed E-state index contributed by atoms with van der Waals surface area (Å²) in [5.41, 5.74) is 1.71. The number of amides is 1. The molecule has 0 radical (unpaired) electrons. The van der Waals surface area contributed by atoms with Crippen LogP contribution < -0.4 is 10.2 Å². The molecule has 1 aliphatic rings. The van der Waals surface area contributed by atoms with Crippen molar-refractivity contribution in [1.82, 2.24) is 9.97 Å². The fraction of sp³-hybridized carbons (Fsp3) is 0.381. The number of hydrogen-bond donors (Lipinski definition) is 1. The van der Waals surface area contributed by atoms with Crippen molar-refractivity contribution in [3.8, 4) is 0 Å². The lowest BCUT2D eigenvalue weighted by Gasteiger charge is -2.33. The summed E-state index contributed by atoms with van der Waals surface area (Å²) >= 11 is 5.78. The number of rotatable bonds is 3. The standard InChI is InChI=1S/C21H22ClFN4O2/c1-11-12(2)29-21-18(11)19(24-13(3)25-21)27-8-4-5-14(10-27)20(28)26-17-7-6-15(22)9-16(17)23/h6-7,9,14H,4-5,8,10H2,1-3H3,(H,26,28). The lowest BCUT2D eigenvalue weighted by atomic mass is 9.96. The van der Waals surface area contributed by atoms with Crippen LogP contribution in [0.3, 0.4) is 0 Å². The first-order chi connectivity index (χ1) is 13.8. The fourth-order valence-electron chi connectivity index (χ4n) is 3.77. The van der Waals surface area contributed by atoms with Gasteiger partial charge in [-0.05, 0) is 51.8 Å². The van der Waals surface area contributed by atoms with Crippen LogP contribution in [-0.2, 0) is 4.79 Å². The zero-order chi connectivity index (χ0) is 20.7. The maximum atomic E-state index is 14.0. The number of carbonyl (C=O) groups excluding carboxylic acids is 1. The van der Waals surface area contributed by atoms with E-state index in [4.69, 9.17) is 16.0 Å². The summed E-state index contributed by atoms with van der Waals surface area (Å²) in [5.74, 6) is 1.19. The van der Waals surface area contributed by atoms with Crippen LogP contribution in [0.15, 0.2) is 22.6 Å². The molecule has 152 valence electrons. The second kappa shape index (κ2) is 7.63. The van der Waals surface area contributed by atoms with Gasteiger partial charge < -0.3 is 14.6 Å². The van der Waals surface area contributed by atoms with Gasteiger partial charge >= 0.3 is 0 Å². The van der Waals surface area contributed by atoms with Gasteiger partial charge in [0.15, 0.2) is 0 Å². The number of nitrogens with one attached hydrogen (secondary N) is 1. The van der Waals surface area contributed by atoms with E-state index in [-0.39, 0.29) is 17.5 Å². The summed E-state index contributed by atoms with van der Waals surface area (Å²) in [6, 6.07) is 4.22. The molecule has 1 N–H and O–H groups in total. The molecular formula is C21H22ClFN4O2. The van der Waals surface area contributed by atoms with E-state index in [1.807, 2.05) is 20.8 Å².